The number of aromatic amines is 1. The van der Waals surface area contributed by atoms with E-state index in [1.165, 1.54) is 0 Å². The van der Waals surface area contributed by atoms with Crippen LogP contribution in [-0.2, 0) is 0 Å². The van der Waals surface area contributed by atoms with Crippen LogP contribution < -0.4 is 0 Å². The molecule has 1 N–H and O–H groups in total. The molecule has 0 saturated heterocycles. The minimum atomic E-state index is -0.479. The Hall–Kier alpha value is -1.47. The minimum absolute atomic E-state index is 0.479. The summed E-state index contributed by atoms with van der Waals surface area (Å²) >= 11 is 4.08. The van der Waals surface area contributed by atoms with Crippen LogP contribution in [0.3, 0.4) is 0 Å². The second-order valence-electron chi connectivity index (χ2n) is 2.67. The highest BCUT2D eigenvalue weighted by Crippen LogP contribution is 2.19. The second-order valence-corrected chi connectivity index (χ2v) is 3.19. The summed E-state index contributed by atoms with van der Waals surface area (Å²) in [7, 11) is 0. The number of H-pyrrole nitrogens is 1. The summed E-state index contributed by atoms with van der Waals surface area (Å²) < 4.78 is 0. The topological polar surface area (TPSA) is 52.5 Å². The summed E-state index contributed by atoms with van der Waals surface area (Å²) in [4.78, 5) is 7.27. The molecule has 0 fully saturated rings. The van der Waals surface area contributed by atoms with Crippen LogP contribution in [0.2, 0.25) is 0 Å². The Labute approximate surface area is 80.8 Å². The molecule has 2 rings (SSSR count). The largest absolute Gasteiger partial charge is 0.340 e. The van der Waals surface area contributed by atoms with Crippen molar-refractivity contribution >= 4 is 23.7 Å². The molecular formula is C9H7N3S. The maximum Gasteiger partial charge on any atom is 0.147 e. The van der Waals surface area contributed by atoms with E-state index >= 15 is 0 Å². The van der Waals surface area contributed by atoms with Crippen LogP contribution in [0.25, 0.3) is 11.0 Å². The van der Waals surface area contributed by atoms with Gasteiger partial charge in [0, 0.05) is 0 Å². The van der Waals surface area contributed by atoms with Gasteiger partial charge < -0.3 is 4.98 Å². The van der Waals surface area contributed by atoms with Crippen LogP contribution in [0.15, 0.2) is 24.3 Å². The predicted molar refractivity (Wildman–Crippen MR) is 53.4 cm³/mol. The van der Waals surface area contributed by atoms with E-state index in [1.54, 1.807) is 0 Å². The number of aromatic nitrogens is 2. The van der Waals surface area contributed by atoms with Gasteiger partial charge in [0.1, 0.15) is 11.1 Å². The molecule has 13 heavy (non-hydrogen) atoms. The number of fused-ring (bicyclic) bond motifs is 1. The highest BCUT2D eigenvalue weighted by Gasteiger charge is 2.09. The van der Waals surface area contributed by atoms with Gasteiger partial charge in [0.15, 0.2) is 0 Å². The Morgan fingerprint density at radius 1 is 1.46 bits per heavy atom. The number of rotatable bonds is 1. The number of hydrogen-bond donors (Lipinski definition) is 2. The molecule has 1 aromatic heterocycles. The van der Waals surface area contributed by atoms with E-state index in [2.05, 4.69) is 22.6 Å². The SMILES string of the molecule is N#CC(S)c1nc2ccccc2[nH]1. The first-order valence-electron chi connectivity index (χ1n) is 3.83. The summed E-state index contributed by atoms with van der Waals surface area (Å²) in [5.74, 6) is 0.604. The van der Waals surface area contributed by atoms with Gasteiger partial charge in [-0.1, -0.05) is 12.1 Å². The number of nitrogens with zero attached hydrogens (tertiary/aromatic N) is 2. The molecule has 3 nitrogen and oxygen atoms in total. The van der Waals surface area contributed by atoms with Crippen LogP contribution >= 0.6 is 12.6 Å². The number of benzene rings is 1. The first kappa shape index (κ1) is 8.14. The third-order valence-corrected chi connectivity index (χ3v) is 2.15. The average Bonchev–Trinajstić information content (AvgIpc) is 2.59. The number of hydrogen-bond acceptors (Lipinski definition) is 3. The molecule has 1 atom stereocenters. The molecule has 0 spiro atoms. The van der Waals surface area contributed by atoms with Crippen molar-refractivity contribution in [2.45, 2.75) is 5.25 Å². The van der Waals surface area contributed by atoms with Crippen molar-refractivity contribution in [3.05, 3.63) is 30.1 Å². The fraction of sp³-hybridized carbons (Fsp3) is 0.111. The lowest BCUT2D eigenvalue weighted by atomic mass is 10.3. The summed E-state index contributed by atoms with van der Waals surface area (Å²) in [5.41, 5.74) is 1.80. The van der Waals surface area contributed by atoms with E-state index < -0.39 is 5.25 Å². The van der Waals surface area contributed by atoms with E-state index in [0.717, 1.165) is 11.0 Å². The molecule has 0 aliphatic carbocycles. The van der Waals surface area contributed by atoms with Crippen molar-refractivity contribution in [1.82, 2.24) is 9.97 Å². The molecule has 0 radical (unpaired) electrons. The fourth-order valence-corrected chi connectivity index (χ4v) is 1.29. The van der Waals surface area contributed by atoms with Crippen LogP contribution in [0.4, 0.5) is 0 Å². The highest BCUT2D eigenvalue weighted by molar-refractivity contribution is 7.80. The van der Waals surface area contributed by atoms with Gasteiger partial charge in [0.2, 0.25) is 0 Å². The number of thiol groups is 1. The molecular weight excluding hydrogens is 182 g/mol. The van der Waals surface area contributed by atoms with E-state index in [-0.39, 0.29) is 0 Å². The number of nitrogens with one attached hydrogen (secondary N) is 1. The van der Waals surface area contributed by atoms with Crippen molar-refractivity contribution in [2.24, 2.45) is 0 Å². The predicted octanol–water partition coefficient (Wildman–Crippen LogP) is 2.06. The van der Waals surface area contributed by atoms with Gasteiger partial charge in [0.05, 0.1) is 17.1 Å². The zero-order valence-corrected chi connectivity index (χ0v) is 7.62. The molecule has 1 aromatic carbocycles. The van der Waals surface area contributed by atoms with E-state index in [9.17, 15) is 0 Å². The van der Waals surface area contributed by atoms with Crippen LogP contribution in [-0.4, -0.2) is 9.97 Å². The lowest BCUT2D eigenvalue weighted by Crippen LogP contribution is -1.88. The molecule has 4 heteroatoms. The van der Waals surface area contributed by atoms with Crippen molar-refractivity contribution in [3.63, 3.8) is 0 Å². The molecule has 2 aromatic rings. The molecule has 64 valence electrons. The Balaban J connectivity index is 2.57. The smallest absolute Gasteiger partial charge is 0.147 e. The zero-order valence-electron chi connectivity index (χ0n) is 6.73. The zero-order chi connectivity index (χ0) is 9.26. The van der Waals surface area contributed by atoms with E-state index in [4.69, 9.17) is 5.26 Å². The molecule has 0 saturated carbocycles. The van der Waals surface area contributed by atoms with E-state index in [0.29, 0.717) is 5.82 Å². The number of imidazole rings is 1. The maximum atomic E-state index is 8.63. The van der Waals surface area contributed by atoms with Gasteiger partial charge in [-0.25, -0.2) is 4.98 Å². The maximum absolute atomic E-state index is 8.63. The van der Waals surface area contributed by atoms with Gasteiger partial charge in [-0.3, -0.25) is 0 Å². The van der Waals surface area contributed by atoms with Gasteiger partial charge in [0.25, 0.3) is 0 Å². The monoisotopic (exact) mass is 189 g/mol. The van der Waals surface area contributed by atoms with Crippen LogP contribution in [0.5, 0.6) is 0 Å². The van der Waals surface area contributed by atoms with Crippen molar-refractivity contribution in [3.8, 4) is 6.07 Å². The molecule has 1 heterocycles. The molecule has 0 bridgehead atoms. The van der Waals surface area contributed by atoms with Gasteiger partial charge in [-0.15, -0.1) is 0 Å². The number of nitriles is 1. The average molecular weight is 189 g/mol. The third-order valence-electron chi connectivity index (χ3n) is 1.79. The second kappa shape index (κ2) is 3.11. The minimum Gasteiger partial charge on any atom is -0.340 e. The summed E-state index contributed by atoms with van der Waals surface area (Å²) in [5, 5.41) is 8.15. The molecule has 0 aliphatic heterocycles. The van der Waals surface area contributed by atoms with Crippen LogP contribution in [0.1, 0.15) is 11.1 Å². The summed E-state index contributed by atoms with van der Waals surface area (Å²) in [6.45, 7) is 0. The van der Waals surface area contributed by atoms with Crippen molar-refractivity contribution in [1.29, 1.82) is 5.26 Å². The summed E-state index contributed by atoms with van der Waals surface area (Å²) in [6.07, 6.45) is 0. The Kier molecular flexibility index (Phi) is 1.95. The standard InChI is InChI=1S/C9H7N3S/c10-5-8(13)9-11-6-3-1-2-4-7(6)12-9/h1-4,8,13H,(H,11,12). The van der Waals surface area contributed by atoms with Crippen molar-refractivity contribution < 1.29 is 0 Å². The third kappa shape index (κ3) is 1.38. The first-order valence-corrected chi connectivity index (χ1v) is 4.35. The Morgan fingerprint density at radius 2 is 2.23 bits per heavy atom. The molecule has 0 amide bonds. The van der Waals surface area contributed by atoms with E-state index in [1.807, 2.05) is 30.3 Å². The normalized spacial score (nSPS) is 12.6. The lowest BCUT2D eigenvalue weighted by molar-refractivity contribution is 1.06. The lowest BCUT2D eigenvalue weighted by Gasteiger charge is -1.92. The number of para-hydroxylation sites is 2. The van der Waals surface area contributed by atoms with Gasteiger partial charge in [-0.05, 0) is 12.1 Å². The van der Waals surface area contributed by atoms with Crippen LogP contribution in [0, 0.1) is 11.3 Å². The van der Waals surface area contributed by atoms with Crippen molar-refractivity contribution in [2.75, 3.05) is 0 Å². The first-order chi connectivity index (χ1) is 6.31. The highest BCUT2D eigenvalue weighted by atomic mass is 32.1. The molecule has 1 unspecified atom stereocenters. The van der Waals surface area contributed by atoms with Gasteiger partial charge in [-0.2, -0.15) is 17.9 Å². The Morgan fingerprint density at radius 3 is 2.92 bits per heavy atom. The molecule has 0 aliphatic rings. The Bertz CT molecular complexity index is 436. The van der Waals surface area contributed by atoms with Gasteiger partial charge >= 0.3 is 0 Å². The summed E-state index contributed by atoms with van der Waals surface area (Å²) in [6, 6.07) is 9.66. The quantitative estimate of drug-likeness (QED) is 0.674. The fourth-order valence-electron chi connectivity index (χ4n) is 1.16.